The summed E-state index contributed by atoms with van der Waals surface area (Å²) in [6, 6.07) is 9.81. The first-order valence-corrected chi connectivity index (χ1v) is 5.63. The highest BCUT2D eigenvalue weighted by molar-refractivity contribution is 5.42. The molecule has 0 bridgehead atoms. The number of hydrogen-bond acceptors (Lipinski definition) is 3. The van der Waals surface area contributed by atoms with Gasteiger partial charge >= 0.3 is 0 Å². The number of ether oxygens (including phenoxy) is 1. The van der Waals surface area contributed by atoms with E-state index in [0.29, 0.717) is 17.4 Å². The monoisotopic (exact) mass is 228 g/mol. The summed E-state index contributed by atoms with van der Waals surface area (Å²) >= 11 is 0. The van der Waals surface area contributed by atoms with E-state index in [4.69, 9.17) is 10.5 Å². The molecule has 1 aromatic carbocycles. The molecule has 0 saturated heterocycles. The number of pyridine rings is 1. The van der Waals surface area contributed by atoms with Crippen molar-refractivity contribution in [3.63, 3.8) is 0 Å². The van der Waals surface area contributed by atoms with Gasteiger partial charge in [-0.3, -0.25) is 4.98 Å². The van der Waals surface area contributed by atoms with E-state index in [1.807, 2.05) is 12.1 Å². The third-order valence-corrected chi connectivity index (χ3v) is 2.52. The average Bonchev–Trinajstić information content (AvgIpc) is 2.29. The summed E-state index contributed by atoms with van der Waals surface area (Å²) in [6.07, 6.45) is 3.24. The minimum absolute atomic E-state index is 0.526. The molecule has 0 unspecified atom stereocenters. The topological polar surface area (TPSA) is 48.1 Å². The SMILES string of the molecule is CC(C)c1ccc(Oc2cncc(N)c2)cc1. The lowest BCUT2D eigenvalue weighted by molar-refractivity contribution is 0.480. The maximum Gasteiger partial charge on any atom is 0.147 e. The van der Waals surface area contributed by atoms with Crippen molar-refractivity contribution in [3.8, 4) is 11.5 Å². The van der Waals surface area contributed by atoms with Crippen LogP contribution in [0.4, 0.5) is 5.69 Å². The molecule has 0 amide bonds. The van der Waals surface area contributed by atoms with Crippen molar-refractivity contribution in [1.29, 1.82) is 0 Å². The van der Waals surface area contributed by atoms with Crippen molar-refractivity contribution in [1.82, 2.24) is 4.98 Å². The van der Waals surface area contributed by atoms with Gasteiger partial charge in [0.15, 0.2) is 0 Å². The zero-order valence-electron chi connectivity index (χ0n) is 10.1. The van der Waals surface area contributed by atoms with E-state index in [-0.39, 0.29) is 0 Å². The lowest BCUT2D eigenvalue weighted by Gasteiger charge is -2.08. The zero-order valence-corrected chi connectivity index (χ0v) is 10.1. The summed E-state index contributed by atoms with van der Waals surface area (Å²) in [5.74, 6) is 1.97. The average molecular weight is 228 g/mol. The Morgan fingerprint density at radius 1 is 1.06 bits per heavy atom. The number of hydrogen-bond donors (Lipinski definition) is 1. The van der Waals surface area contributed by atoms with Gasteiger partial charge < -0.3 is 10.5 Å². The second-order valence-corrected chi connectivity index (χ2v) is 4.28. The van der Waals surface area contributed by atoms with Gasteiger partial charge in [-0.2, -0.15) is 0 Å². The van der Waals surface area contributed by atoms with Gasteiger partial charge in [-0.1, -0.05) is 26.0 Å². The van der Waals surface area contributed by atoms with E-state index in [2.05, 4.69) is 31.0 Å². The Balaban J connectivity index is 2.14. The summed E-state index contributed by atoms with van der Waals surface area (Å²) in [5.41, 5.74) is 7.53. The van der Waals surface area contributed by atoms with Crippen molar-refractivity contribution < 1.29 is 4.74 Å². The van der Waals surface area contributed by atoms with Crippen molar-refractivity contribution >= 4 is 5.69 Å². The van der Waals surface area contributed by atoms with Crippen LogP contribution in [0.2, 0.25) is 0 Å². The Bertz CT molecular complexity index is 492. The van der Waals surface area contributed by atoms with Crippen LogP contribution >= 0.6 is 0 Å². The van der Waals surface area contributed by atoms with Crippen molar-refractivity contribution in [2.24, 2.45) is 0 Å². The minimum Gasteiger partial charge on any atom is -0.456 e. The number of anilines is 1. The van der Waals surface area contributed by atoms with E-state index < -0.39 is 0 Å². The van der Waals surface area contributed by atoms with Crippen molar-refractivity contribution in [3.05, 3.63) is 48.3 Å². The van der Waals surface area contributed by atoms with Gasteiger partial charge in [0.25, 0.3) is 0 Å². The molecule has 0 aliphatic rings. The third kappa shape index (κ3) is 2.97. The van der Waals surface area contributed by atoms with Crippen molar-refractivity contribution in [2.45, 2.75) is 19.8 Å². The molecule has 0 fully saturated rings. The highest BCUT2D eigenvalue weighted by Crippen LogP contribution is 2.24. The molecule has 0 spiro atoms. The summed E-state index contributed by atoms with van der Waals surface area (Å²) in [5, 5.41) is 0. The summed E-state index contributed by atoms with van der Waals surface area (Å²) in [6.45, 7) is 4.33. The molecular weight excluding hydrogens is 212 g/mol. The second-order valence-electron chi connectivity index (χ2n) is 4.28. The largest absolute Gasteiger partial charge is 0.456 e. The minimum atomic E-state index is 0.526. The molecule has 2 rings (SSSR count). The molecule has 1 aromatic heterocycles. The van der Waals surface area contributed by atoms with E-state index in [1.165, 1.54) is 5.56 Å². The number of rotatable bonds is 3. The van der Waals surface area contributed by atoms with Crippen LogP contribution in [-0.2, 0) is 0 Å². The van der Waals surface area contributed by atoms with Crippen LogP contribution in [0.5, 0.6) is 11.5 Å². The molecule has 88 valence electrons. The first kappa shape index (κ1) is 11.5. The molecule has 3 heteroatoms. The maximum absolute atomic E-state index is 5.65. The van der Waals surface area contributed by atoms with Crippen molar-refractivity contribution in [2.75, 3.05) is 5.73 Å². The summed E-state index contributed by atoms with van der Waals surface area (Å²) in [4.78, 5) is 3.98. The molecule has 0 saturated carbocycles. The smallest absolute Gasteiger partial charge is 0.147 e. The predicted octanol–water partition coefficient (Wildman–Crippen LogP) is 3.58. The van der Waals surface area contributed by atoms with Gasteiger partial charge in [0.1, 0.15) is 11.5 Å². The molecule has 0 atom stereocenters. The molecule has 2 aromatic rings. The number of nitrogens with two attached hydrogens (primary N) is 1. The van der Waals surface area contributed by atoms with Crippen LogP contribution in [0.15, 0.2) is 42.7 Å². The quantitative estimate of drug-likeness (QED) is 0.873. The molecule has 0 aliphatic carbocycles. The zero-order chi connectivity index (χ0) is 12.3. The van der Waals surface area contributed by atoms with Crippen LogP contribution in [-0.4, -0.2) is 4.98 Å². The number of nitrogens with zero attached hydrogens (tertiary/aromatic N) is 1. The highest BCUT2D eigenvalue weighted by atomic mass is 16.5. The van der Waals surface area contributed by atoms with Gasteiger partial charge in [-0.05, 0) is 23.6 Å². The van der Waals surface area contributed by atoms with Crippen LogP contribution < -0.4 is 10.5 Å². The second kappa shape index (κ2) is 4.87. The molecule has 3 nitrogen and oxygen atoms in total. The van der Waals surface area contributed by atoms with Gasteiger partial charge in [-0.25, -0.2) is 0 Å². The van der Waals surface area contributed by atoms with E-state index in [0.717, 1.165) is 5.75 Å². The Labute approximate surface area is 101 Å². The molecule has 2 N–H and O–H groups in total. The normalized spacial score (nSPS) is 10.5. The molecule has 1 heterocycles. The first-order valence-electron chi connectivity index (χ1n) is 5.63. The van der Waals surface area contributed by atoms with Gasteiger partial charge in [0, 0.05) is 6.07 Å². The molecular formula is C14H16N2O. The maximum atomic E-state index is 5.65. The highest BCUT2D eigenvalue weighted by Gasteiger charge is 2.01. The Hall–Kier alpha value is -2.03. The van der Waals surface area contributed by atoms with Gasteiger partial charge in [0.2, 0.25) is 0 Å². The molecule has 0 aliphatic heterocycles. The Morgan fingerprint density at radius 3 is 2.35 bits per heavy atom. The number of aromatic nitrogens is 1. The van der Waals surface area contributed by atoms with E-state index in [1.54, 1.807) is 18.5 Å². The fraction of sp³-hybridized carbons (Fsp3) is 0.214. The van der Waals surface area contributed by atoms with Crippen LogP contribution in [0.3, 0.4) is 0 Å². The third-order valence-electron chi connectivity index (χ3n) is 2.52. The predicted molar refractivity (Wildman–Crippen MR) is 69.3 cm³/mol. The van der Waals surface area contributed by atoms with Crippen LogP contribution in [0, 0.1) is 0 Å². The lowest BCUT2D eigenvalue weighted by atomic mass is 10.0. The fourth-order valence-corrected chi connectivity index (χ4v) is 1.55. The van der Waals surface area contributed by atoms with Crippen LogP contribution in [0.25, 0.3) is 0 Å². The number of benzene rings is 1. The first-order chi connectivity index (χ1) is 8.15. The standard InChI is InChI=1S/C14H16N2O/c1-10(2)11-3-5-13(6-4-11)17-14-7-12(15)8-16-9-14/h3-10H,15H2,1-2H3. The van der Waals surface area contributed by atoms with Gasteiger partial charge in [0.05, 0.1) is 18.1 Å². The Kier molecular flexibility index (Phi) is 3.28. The van der Waals surface area contributed by atoms with E-state index >= 15 is 0 Å². The molecule has 17 heavy (non-hydrogen) atoms. The van der Waals surface area contributed by atoms with E-state index in [9.17, 15) is 0 Å². The van der Waals surface area contributed by atoms with Crippen LogP contribution in [0.1, 0.15) is 25.3 Å². The molecule has 0 radical (unpaired) electrons. The Morgan fingerprint density at radius 2 is 1.76 bits per heavy atom. The lowest BCUT2D eigenvalue weighted by Crippen LogP contribution is -1.90. The number of nitrogen functional groups attached to an aromatic ring is 1. The summed E-state index contributed by atoms with van der Waals surface area (Å²) < 4.78 is 5.65. The van der Waals surface area contributed by atoms with Gasteiger partial charge in [-0.15, -0.1) is 0 Å². The fourth-order valence-electron chi connectivity index (χ4n) is 1.55. The summed E-state index contributed by atoms with van der Waals surface area (Å²) in [7, 11) is 0.